The van der Waals surface area contributed by atoms with Gasteiger partial charge in [-0.2, -0.15) is 0 Å². The van der Waals surface area contributed by atoms with Crippen molar-refractivity contribution in [3.8, 4) is 0 Å². The average molecular weight is 277 g/mol. The molecule has 0 rings (SSSR count). The van der Waals surface area contributed by atoms with Gasteiger partial charge in [-0.15, -0.1) is 11.6 Å². The van der Waals surface area contributed by atoms with Crippen LogP contribution in [0, 0.1) is 0 Å². The lowest BCUT2D eigenvalue weighted by atomic mass is 10.0. The van der Waals surface area contributed by atoms with Gasteiger partial charge in [-0.05, 0) is 6.42 Å². The van der Waals surface area contributed by atoms with E-state index in [9.17, 15) is 0 Å². The Balaban J connectivity index is 2.94. The van der Waals surface area contributed by atoms with Gasteiger partial charge in [0.25, 0.3) is 0 Å². The molecule has 0 heterocycles. The van der Waals surface area contributed by atoms with Crippen molar-refractivity contribution in [2.24, 2.45) is 0 Å². The molecule has 0 aromatic rings. The van der Waals surface area contributed by atoms with E-state index < -0.39 is 0 Å². The highest BCUT2D eigenvalue weighted by Crippen LogP contribution is 2.13. The Hall–Kier alpha value is 0.250. The van der Waals surface area contributed by atoms with Crippen molar-refractivity contribution in [2.75, 3.05) is 6.61 Å². The molecule has 18 heavy (non-hydrogen) atoms. The second kappa shape index (κ2) is 15.3. The summed E-state index contributed by atoms with van der Waals surface area (Å²) < 4.78 is 0. The van der Waals surface area contributed by atoms with Crippen LogP contribution in [-0.4, -0.2) is 17.1 Å². The highest BCUT2D eigenvalue weighted by atomic mass is 35.5. The van der Waals surface area contributed by atoms with Gasteiger partial charge in [-0.1, -0.05) is 84.0 Å². The average Bonchev–Trinajstić information content (AvgIpc) is 2.39. The molecular weight excluding hydrogens is 244 g/mol. The standard InChI is InChI=1S/C16H33ClO/c1-2-3-4-5-6-7-8-9-10-11-12-13-14-16(17)15-18/h16,18H,2-15H2,1H3. The Kier molecular flexibility index (Phi) is 15.5. The maximum Gasteiger partial charge on any atom is 0.0595 e. The highest BCUT2D eigenvalue weighted by Gasteiger charge is 2.01. The van der Waals surface area contributed by atoms with Gasteiger partial charge in [0.1, 0.15) is 0 Å². The fourth-order valence-corrected chi connectivity index (χ4v) is 2.45. The minimum Gasteiger partial charge on any atom is -0.395 e. The van der Waals surface area contributed by atoms with Crippen molar-refractivity contribution in [3.05, 3.63) is 0 Å². The Bertz CT molecular complexity index is 150. The molecule has 2 heteroatoms. The van der Waals surface area contributed by atoms with E-state index in [1.165, 1.54) is 77.0 Å². The number of aliphatic hydroxyl groups is 1. The molecule has 0 aliphatic carbocycles. The van der Waals surface area contributed by atoms with Crippen LogP contribution in [0.5, 0.6) is 0 Å². The zero-order valence-corrected chi connectivity index (χ0v) is 13.1. The monoisotopic (exact) mass is 276 g/mol. The van der Waals surface area contributed by atoms with Gasteiger partial charge in [0.05, 0.1) is 12.0 Å². The van der Waals surface area contributed by atoms with Gasteiger partial charge >= 0.3 is 0 Å². The molecule has 0 saturated heterocycles. The number of aliphatic hydroxyl groups excluding tert-OH is 1. The minimum atomic E-state index is -0.0203. The van der Waals surface area contributed by atoms with Gasteiger partial charge in [0.15, 0.2) is 0 Å². The van der Waals surface area contributed by atoms with Crippen LogP contribution in [0.25, 0.3) is 0 Å². The van der Waals surface area contributed by atoms with Gasteiger partial charge in [-0.25, -0.2) is 0 Å². The van der Waals surface area contributed by atoms with E-state index in [4.69, 9.17) is 16.7 Å². The summed E-state index contributed by atoms with van der Waals surface area (Å²) in [6.07, 6.45) is 17.4. The molecule has 0 aromatic carbocycles. The molecular formula is C16H33ClO. The van der Waals surface area contributed by atoms with E-state index in [0.717, 1.165) is 6.42 Å². The van der Waals surface area contributed by atoms with Gasteiger partial charge < -0.3 is 5.11 Å². The summed E-state index contributed by atoms with van der Waals surface area (Å²) in [6, 6.07) is 0. The third-order valence-corrected chi connectivity index (χ3v) is 3.93. The quantitative estimate of drug-likeness (QED) is 0.320. The molecule has 1 N–H and O–H groups in total. The molecule has 1 unspecified atom stereocenters. The lowest BCUT2D eigenvalue weighted by Gasteiger charge is -2.05. The summed E-state index contributed by atoms with van der Waals surface area (Å²) in [7, 11) is 0. The molecule has 0 aliphatic rings. The summed E-state index contributed by atoms with van der Waals surface area (Å²) in [5.74, 6) is 0. The third-order valence-electron chi connectivity index (χ3n) is 3.57. The predicted octanol–water partition coefficient (Wildman–Crippen LogP) is 5.68. The van der Waals surface area contributed by atoms with Gasteiger partial charge in [-0.3, -0.25) is 0 Å². The molecule has 1 atom stereocenters. The second-order valence-electron chi connectivity index (χ2n) is 5.46. The van der Waals surface area contributed by atoms with E-state index in [2.05, 4.69) is 6.92 Å². The van der Waals surface area contributed by atoms with Crippen molar-refractivity contribution in [2.45, 2.75) is 95.8 Å². The Morgan fingerprint density at radius 2 is 1.11 bits per heavy atom. The van der Waals surface area contributed by atoms with Crippen LogP contribution in [0.4, 0.5) is 0 Å². The molecule has 0 bridgehead atoms. The summed E-state index contributed by atoms with van der Waals surface area (Å²) in [5, 5.41) is 8.76. The normalized spacial score (nSPS) is 12.8. The number of halogens is 1. The Morgan fingerprint density at radius 3 is 1.50 bits per heavy atom. The summed E-state index contributed by atoms with van der Waals surface area (Å²) >= 11 is 5.85. The predicted molar refractivity (Wildman–Crippen MR) is 82.4 cm³/mol. The second-order valence-corrected chi connectivity index (χ2v) is 6.07. The number of unbranched alkanes of at least 4 members (excludes halogenated alkanes) is 11. The number of hydrogen-bond donors (Lipinski definition) is 1. The van der Waals surface area contributed by atoms with E-state index in [-0.39, 0.29) is 12.0 Å². The summed E-state index contributed by atoms with van der Waals surface area (Å²) in [6.45, 7) is 2.40. The number of alkyl halides is 1. The molecule has 0 spiro atoms. The van der Waals surface area contributed by atoms with Crippen molar-refractivity contribution in [1.82, 2.24) is 0 Å². The lowest BCUT2D eigenvalue weighted by Crippen LogP contribution is -2.03. The SMILES string of the molecule is CCCCCCCCCCCCCCC(Cl)CO. The van der Waals surface area contributed by atoms with Gasteiger partial charge in [0, 0.05) is 0 Å². The molecule has 0 aliphatic heterocycles. The molecule has 110 valence electrons. The van der Waals surface area contributed by atoms with Crippen molar-refractivity contribution >= 4 is 11.6 Å². The van der Waals surface area contributed by atoms with Crippen LogP contribution in [0.15, 0.2) is 0 Å². The zero-order valence-electron chi connectivity index (χ0n) is 12.3. The molecule has 0 fully saturated rings. The van der Waals surface area contributed by atoms with E-state index in [1.54, 1.807) is 0 Å². The van der Waals surface area contributed by atoms with Gasteiger partial charge in [0.2, 0.25) is 0 Å². The highest BCUT2D eigenvalue weighted by molar-refractivity contribution is 6.20. The fourth-order valence-electron chi connectivity index (χ4n) is 2.30. The smallest absolute Gasteiger partial charge is 0.0595 e. The first-order chi connectivity index (χ1) is 8.81. The molecule has 0 aromatic heterocycles. The largest absolute Gasteiger partial charge is 0.395 e. The maximum atomic E-state index is 8.78. The van der Waals surface area contributed by atoms with Crippen LogP contribution in [0.3, 0.4) is 0 Å². The van der Waals surface area contributed by atoms with Crippen LogP contribution in [0.1, 0.15) is 90.4 Å². The lowest BCUT2D eigenvalue weighted by molar-refractivity contribution is 0.286. The summed E-state index contributed by atoms with van der Waals surface area (Å²) in [5.41, 5.74) is 0. The topological polar surface area (TPSA) is 20.2 Å². The van der Waals surface area contributed by atoms with Crippen molar-refractivity contribution in [1.29, 1.82) is 0 Å². The molecule has 1 nitrogen and oxygen atoms in total. The minimum absolute atomic E-state index is 0.0203. The van der Waals surface area contributed by atoms with E-state index in [1.807, 2.05) is 0 Å². The van der Waals surface area contributed by atoms with Crippen LogP contribution >= 0.6 is 11.6 Å². The first-order valence-electron chi connectivity index (χ1n) is 8.06. The fraction of sp³-hybridized carbons (Fsp3) is 1.00. The van der Waals surface area contributed by atoms with Crippen LogP contribution < -0.4 is 0 Å². The van der Waals surface area contributed by atoms with Crippen molar-refractivity contribution < 1.29 is 5.11 Å². The molecule has 0 radical (unpaired) electrons. The Labute approximate surface area is 119 Å². The zero-order chi connectivity index (χ0) is 13.5. The number of rotatable bonds is 14. The molecule has 0 amide bonds. The third kappa shape index (κ3) is 14.3. The first kappa shape index (κ1) is 18.2. The van der Waals surface area contributed by atoms with E-state index in [0.29, 0.717) is 0 Å². The number of hydrogen-bond acceptors (Lipinski definition) is 1. The van der Waals surface area contributed by atoms with Crippen LogP contribution in [-0.2, 0) is 0 Å². The van der Waals surface area contributed by atoms with E-state index >= 15 is 0 Å². The van der Waals surface area contributed by atoms with Crippen LogP contribution in [0.2, 0.25) is 0 Å². The Morgan fingerprint density at radius 1 is 0.722 bits per heavy atom. The molecule has 0 saturated carbocycles. The first-order valence-corrected chi connectivity index (χ1v) is 8.49. The van der Waals surface area contributed by atoms with Crippen molar-refractivity contribution in [3.63, 3.8) is 0 Å². The maximum absolute atomic E-state index is 8.78. The summed E-state index contributed by atoms with van der Waals surface area (Å²) in [4.78, 5) is 0.